The van der Waals surface area contributed by atoms with Crippen LogP contribution in [0, 0.1) is 0 Å². The van der Waals surface area contributed by atoms with Crippen LogP contribution in [0.5, 0.6) is 0 Å². The Bertz CT molecular complexity index is 1070. The van der Waals surface area contributed by atoms with Gasteiger partial charge in [-0.2, -0.15) is 5.10 Å². The molecule has 0 saturated carbocycles. The Morgan fingerprint density at radius 2 is 1.81 bits per heavy atom. The first-order chi connectivity index (χ1) is 12.7. The van der Waals surface area contributed by atoms with Gasteiger partial charge in [-0.15, -0.1) is 0 Å². The fourth-order valence-electron chi connectivity index (χ4n) is 2.89. The van der Waals surface area contributed by atoms with E-state index in [1.54, 1.807) is 12.1 Å². The summed E-state index contributed by atoms with van der Waals surface area (Å²) < 4.78 is 6.61. The van der Waals surface area contributed by atoms with Gasteiger partial charge in [0.2, 0.25) is 0 Å². The lowest BCUT2D eigenvalue weighted by molar-refractivity contribution is 0.0600. The minimum atomic E-state index is -0.363. The largest absolute Gasteiger partial charge is 0.465 e. The lowest BCUT2D eigenvalue weighted by Gasteiger charge is -2.08. The molecule has 0 saturated heterocycles. The van der Waals surface area contributed by atoms with Crippen LogP contribution in [0.25, 0.3) is 16.6 Å². The van der Waals surface area contributed by atoms with Crippen LogP contribution in [0.2, 0.25) is 0 Å². The number of ether oxygens (including phenoxy) is 1. The summed E-state index contributed by atoms with van der Waals surface area (Å²) in [6, 6.07) is 23.3. The lowest BCUT2D eigenvalue weighted by Crippen LogP contribution is -2.03. The topological polar surface area (TPSA) is 56.2 Å². The second kappa shape index (κ2) is 6.72. The van der Waals surface area contributed by atoms with Crippen LogP contribution in [0.4, 0.5) is 11.4 Å². The van der Waals surface area contributed by atoms with Crippen LogP contribution in [-0.4, -0.2) is 22.9 Å². The van der Waals surface area contributed by atoms with E-state index in [4.69, 9.17) is 4.74 Å². The maximum Gasteiger partial charge on any atom is 0.337 e. The number of carbonyl (C=O) groups is 1. The van der Waals surface area contributed by atoms with Gasteiger partial charge in [0.05, 0.1) is 30.1 Å². The summed E-state index contributed by atoms with van der Waals surface area (Å²) >= 11 is 0. The maximum absolute atomic E-state index is 11.8. The molecule has 0 amide bonds. The van der Waals surface area contributed by atoms with Crippen molar-refractivity contribution in [2.75, 3.05) is 12.4 Å². The Morgan fingerprint density at radius 1 is 0.962 bits per heavy atom. The van der Waals surface area contributed by atoms with Gasteiger partial charge in [0.1, 0.15) is 0 Å². The second-order valence-corrected chi connectivity index (χ2v) is 5.86. The van der Waals surface area contributed by atoms with Crippen LogP contribution in [0.15, 0.2) is 79.0 Å². The van der Waals surface area contributed by atoms with E-state index in [2.05, 4.69) is 16.5 Å². The SMILES string of the molecule is COC(=O)c1cccc(-n2ncc3cc(Nc4ccccc4)ccc32)c1. The fourth-order valence-corrected chi connectivity index (χ4v) is 2.89. The zero-order valence-corrected chi connectivity index (χ0v) is 14.2. The summed E-state index contributed by atoms with van der Waals surface area (Å²) in [5, 5.41) is 8.86. The molecule has 0 atom stereocenters. The van der Waals surface area contributed by atoms with Gasteiger partial charge in [0.25, 0.3) is 0 Å². The number of hydrogen-bond acceptors (Lipinski definition) is 4. The second-order valence-electron chi connectivity index (χ2n) is 5.86. The smallest absolute Gasteiger partial charge is 0.337 e. The van der Waals surface area contributed by atoms with E-state index in [1.165, 1.54) is 7.11 Å². The average Bonchev–Trinajstić information content (AvgIpc) is 3.11. The normalized spacial score (nSPS) is 10.7. The molecule has 0 aliphatic heterocycles. The van der Waals surface area contributed by atoms with Crippen molar-refractivity contribution in [1.82, 2.24) is 9.78 Å². The molecule has 0 aliphatic rings. The van der Waals surface area contributed by atoms with E-state index in [0.717, 1.165) is 28.0 Å². The number of rotatable bonds is 4. The zero-order chi connectivity index (χ0) is 17.9. The molecule has 0 spiro atoms. The maximum atomic E-state index is 11.8. The van der Waals surface area contributed by atoms with Gasteiger partial charge >= 0.3 is 5.97 Å². The quantitative estimate of drug-likeness (QED) is 0.552. The first kappa shape index (κ1) is 15.9. The van der Waals surface area contributed by atoms with Gasteiger partial charge in [0, 0.05) is 16.8 Å². The highest BCUT2D eigenvalue weighted by molar-refractivity contribution is 5.90. The van der Waals surface area contributed by atoms with Crippen LogP contribution in [-0.2, 0) is 4.74 Å². The van der Waals surface area contributed by atoms with E-state index in [9.17, 15) is 4.79 Å². The number of carbonyl (C=O) groups excluding carboxylic acids is 1. The number of hydrogen-bond donors (Lipinski definition) is 1. The lowest BCUT2D eigenvalue weighted by atomic mass is 10.2. The van der Waals surface area contributed by atoms with Crippen molar-refractivity contribution in [3.05, 3.63) is 84.6 Å². The van der Waals surface area contributed by atoms with Gasteiger partial charge in [-0.05, 0) is 48.5 Å². The first-order valence-electron chi connectivity index (χ1n) is 8.23. The fraction of sp³-hybridized carbons (Fsp3) is 0.0476. The van der Waals surface area contributed by atoms with Crippen LogP contribution in [0.1, 0.15) is 10.4 Å². The number of esters is 1. The third-order valence-electron chi connectivity index (χ3n) is 4.14. The van der Waals surface area contributed by atoms with Gasteiger partial charge in [-0.3, -0.25) is 0 Å². The monoisotopic (exact) mass is 343 g/mol. The molecular weight excluding hydrogens is 326 g/mol. The summed E-state index contributed by atoms with van der Waals surface area (Å²) in [6.45, 7) is 0. The molecule has 0 bridgehead atoms. The molecule has 0 aliphatic carbocycles. The van der Waals surface area contributed by atoms with Gasteiger partial charge in [-0.25, -0.2) is 9.48 Å². The van der Waals surface area contributed by atoms with E-state index in [-0.39, 0.29) is 5.97 Å². The summed E-state index contributed by atoms with van der Waals surface area (Å²) in [4.78, 5) is 11.8. The Kier molecular flexibility index (Phi) is 4.11. The highest BCUT2D eigenvalue weighted by atomic mass is 16.5. The number of para-hydroxylation sites is 1. The molecule has 26 heavy (non-hydrogen) atoms. The Labute approximate surface area is 150 Å². The Balaban J connectivity index is 1.69. The third-order valence-corrected chi connectivity index (χ3v) is 4.14. The average molecular weight is 343 g/mol. The standard InChI is InChI=1S/C21H17N3O2/c1-26-21(25)15-6-5-9-19(13-15)24-20-11-10-18(12-16(20)14-22-24)23-17-7-3-2-4-8-17/h2-14,23H,1H3. The number of nitrogens with one attached hydrogen (secondary N) is 1. The Morgan fingerprint density at radius 3 is 2.62 bits per heavy atom. The zero-order valence-electron chi connectivity index (χ0n) is 14.2. The highest BCUT2D eigenvalue weighted by Gasteiger charge is 2.10. The van der Waals surface area contributed by atoms with Crippen LogP contribution < -0.4 is 5.32 Å². The van der Waals surface area contributed by atoms with Gasteiger partial charge < -0.3 is 10.1 Å². The predicted molar refractivity (Wildman–Crippen MR) is 102 cm³/mol. The highest BCUT2D eigenvalue weighted by Crippen LogP contribution is 2.24. The first-order valence-corrected chi connectivity index (χ1v) is 8.23. The van der Waals surface area contributed by atoms with Crippen molar-refractivity contribution in [1.29, 1.82) is 0 Å². The summed E-state index contributed by atoms with van der Waals surface area (Å²) in [7, 11) is 1.37. The molecule has 1 heterocycles. The predicted octanol–water partition coefficient (Wildman–Crippen LogP) is 4.56. The number of fused-ring (bicyclic) bond motifs is 1. The molecule has 5 nitrogen and oxygen atoms in total. The number of benzene rings is 3. The van der Waals surface area contributed by atoms with Crippen LogP contribution >= 0.6 is 0 Å². The van der Waals surface area contributed by atoms with Crippen molar-refractivity contribution >= 4 is 28.2 Å². The van der Waals surface area contributed by atoms with Crippen LogP contribution in [0.3, 0.4) is 0 Å². The number of aromatic nitrogens is 2. The van der Waals surface area contributed by atoms with Crippen molar-refractivity contribution in [3.63, 3.8) is 0 Å². The molecule has 0 radical (unpaired) electrons. The van der Waals surface area contributed by atoms with Crippen molar-refractivity contribution in [2.45, 2.75) is 0 Å². The molecular formula is C21H17N3O2. The number of anilines is 2. The minimum absolute atomic E-state index is 0.363. The van der Waals surface area contributed by atoms with Crippen molar-refractivity contribution in [3.8, 4) is 5.69 Å². The van der Waals surface area contributed by atoms with Gasteiger partial charge in [-0.1, -0.05) is 24.3 Å². The van der Waals surface area contributed by atoms with E-state index < -0.39 is 0 Å². The number of nitrogens with zero attached hydrogens (tertiary/aromatic N) is 2. The van der Waals surface area contributed by atoms with Crippen molar-refractivity contribution in [2.24, 2.45) is 0 Å². The molecule has 5 heteroatoms. The molecule has 0 unspecified atom stereocenters. The van der Waals surface area contributed by atoms with E-state index in [0.29, 0.717) is 5.56 Å². The molecule has 1 N–H and O–H groups in total. The van der Waals surface area contributed by atoms with Crippen molar-refractivity contribution < 1.29 is 9.53 Å². The molecule has 3 aromatic carbocycles. The number of methoxy groups -OCH3 is 1. The molecule has 0 fully saturated rings. The summed E-state index contributed by atoms with van der Waals surface area (Å²) in [6.07, 6.45) is 1.82. The Hall–Kier alpha value is -3.60. The minimum Gasteiger partial charge on any atom is -0.465 e. The molecule has 1 aromatic heterocycles. The molecule has 4 rings (SSSR count). The third kappa shape index (κ3) is 3.02. The molecule has 4 aromatic rings. The summed E-state index contributed by atoms with van der Waals surface area (Å²) in [5.41, 5.74) is 4.30. The summed E-state index contributed by atoms with van der Waals surface area (Å²) in [5.74, 6) is -0.363. The van der Waals surface area contributed by atoms with Gasteiger partial charge in [0.15, 0.2) is 0 Å². The molecule has 128 valence electrons. The van der Waals surface area contributed by atoms with E-state index >= 15 is 0 Å². The van der Waals surface area contributed by atoms with E-state index in [1.807, 2.05) is 65.5 Å².